The van der Waals surface area contributed by atoms with E-state index in [1.165, 1.54) is 5.56 Å². The number of hydrogen-bond acceptors (Lipinski definition) is 3. The minimum absolute atomic E-state index is 0.129. The summed E-state index contributed by atoms with van der Waals surface area (Å²) < 4.78 is 32.4. The quantitative estimate of drug-likeness (QED) is 0.838. The molecule has 1 N–H and O–H groups in total. The molecule has 1 aliphatic heterocycles. The van der Waals surface area contributed by atoms with E-state index in [4.69, 9.17) is 4.74 Å². The molecule has 0 aromatic heterocycles. The zero-order chi connectivity index (χ0) is 16.2. The summed E-state index contributed by atoms with van der Waals surface area (Å²) in [6.45, 7) is 7.90. The van der Waals surface area contributed by atoms with Gasteiger partial charge in [0.2, 0.25) is 10.0 Å². The molecule has 1 saturated heterocycles. The molecule has 0 saturated carbocycles. The predicted octanol–water partition coefficient (Wildman–Crippen LogP) is 2.48. The van der Waals surface area contributed by atoms with E-state index in [-0.39, 0.29) is 17.1 Å². The number of aryl methyl sites for hydroxylation is 1. The molecule has 0 amide bonds. The van der Waals surface area contributed by atoms with Crippen LogP contribution in [0.25, 0.3) is 0 Å². The van der Waals surface area contributed by atoms with E-state index in [1.807, 2.05) is 0 Å². The Morgan fingerprint density at radius 3 is 2.50 bits per heavy atom. The SMILES string of the molecule is CCc1ccc(C(C)(C)CNS(=O)(=O)C[C@H]2CCOC2)cc1. The highest BCUT2D eigenvalue weighted by Gasteiger charge is 2.26. The van der Waals surface area contributed by atoms with Crippen LogP contribution in [-0.2, 0) is 26.6 Å². The Labute approximate surface area is 134 Å². The molecule has 0 aliphatic carbocycles. The standard InChI is InChI=1S/C17H27NO3S/c1-4-14-5-7-16(8-6-14)17(2,3)13-18-22(19,20)12-15-9-10-21-11-15/h5-8,15,18H,4,9-13H2,1-3H3/t15-/m0/s1. The van der Waals surface area contributed by atoms with Crippen LogP contribution >= 0.6 is 0 Å². The first-order chi connectivity index (χ1) is 10.3. The van der Waals surface area contributed by atoms with Gasteiger partial charge in [-0.3, -0.25) is 0 Å². The van der Waals surface area contributed by atoms with Crippen molar-refractivity contribution in [2.45, 2.75) is 39.0 Å². The molecule has 0 spiro atoms. The van der Waals surface area contributed by atoms with Crippen molar-refractivity contribution in [2.24, 2.45) is 5.92 Å². The van der Waals surface area contributed by atoms with Gasteiger partial charge < -0.3 is 4.74 Å². The molecular weight excluding hydrogens is 298 g/mol. The summed E-state index contributed by atoms with van der Waals surface area (Å²) in [5.41, 5.74) is 2.21. The topological polar surface area (TPSA) is 55.4 Å². The Bertz CT molecular complexity index is 572. The third-order valence-electron chi connectivity index (χ3n) is 4.36. The summed E-state index contributed by atoms with van der Waals surface area (Å²) in [5.74, 6) is 0.294. The third kappa shape index (κ3) is 4.80. The number of hydrogen-bond donors (Lipinski definition) is 1. The van der Waals surface area contributed by atoms with Crippen LogP contribution in [0.1, 0.15) is 38.3 Å². The first-order valence-corrected chi connectivity index (χ1v) is 9.62. The van der Waals surface area contributed by atoms with Gasteiger partial charge in [-0.25, -0.2) is 13.1 Å². The van der Waals surface area contributed by atoms with Crippen molar-refractivity contribution in [1.29, 1.82) is 0 Å². The largest absolute Gasteiger partial charge is 0.381 e. The van der Waals surface area contributed by atoms with Crippen molar-refractivity contribution < 1.29 is 13.2 Å². The molecule has 1 heterocycles. The Morgan fingerprint density at radius 1 is 1.27 bits per heavy atom. The van der Waals surface area contributed by atoms with E-state index < -0.39 is 10.0 Å². The summed E-state index contributed by atoms with van der Waals surface area (Å²) in [7, 11) is -3.25. The highest BCUT2D eigenvalue weighted by molar-refractivity contribution is 7.89. The van der Waals surface area contributed by atoms with Gasteiger partial charge in [0.15, 0.2) is 0 Å². The van der Waals surface area contributed by atoms with Gasteiger partial charge in [-0.15, -0.1) is 0 Å². The molecule has 1 fully saturated rings. The van der Waals surface area contributed by atoms with E-state index in [2.05, 4.69) is 49.8 Å². The van der Waals surface area contributed by atoms with Gasteiger partial charge in [0.05, 0.1) is 12.4 Å². The monoisotopic (exact) mass is 325 g/mol. The maximum absolute atomic E-state index is 12.2. The molecule has 4 nitrogen and oxygen atoms in total. The van der Waals surface area contributed by atoms with E-state index in [9.17, 15) is 8.42 Å². The second kappa shape index (κ2) is 7.11. The molecule has 2 rings (SSSR count). The van der Waals surface area contributed by atoms with Gasteiger partial charge in [-0.1, -0.05) is 45.0 Å². The molecule has 5 heteroatoms. The van der Waals surface area contributed by atoms with Crippen molar-refractivity contribution in [1.82, 2.24) is 4.72 Å². The summed E-state index contributed by atoms with van der Waals surface area (Å²) in [5, 5.41) is 0. The van der Waals surface area contributed by atoms with Gasteiger partial charge in [0.1, 0.15) is 0 Å². The van der Waals surface area contributed by atoms with Gasteiger partial charge in [-0.05, 0) is 29.9 Å². The molecule has 124 valence electrons. The van der Waals surface area contributed by atoms with Crippen LogP contribution in [0.4, 0.5) is 0 Å². The molecule has 1 atom stereocenters. The van der Waals surface area contributed by atoms with Crippen LogP contribution < -0.4 is 4.72 Å². The molecular formula is C17H27NO3S. The highest BCUT2D eigenvalue weighted by Crippen LogP contribution is 2.23. The predicted molar refractivity (Wildman–Crippen MR) is 89.6 cm³/mol. The molecule has 1 aliphatic rings. The fourth-order valence-electron chi connectivity index (χ4n) is 2.67. The smallest absolute Gasteiger partial charge is 0.211 e. The van der Waals surface area contributed by atoms with Crippen molar-refractivity contribution in [3.8, 4) is 0 Å². The highest BCUT2D eigenvalue weighted by atomic mass is 32.2. The summed E-state index contributed by atoms with van der Waals surface area (Å²) in [6, 6.07) is 8.42. The lowest BCUT2D eigenvalue weighted by Crippen LogP contribution is -2.39. The van der Waals surface area contributed by atoms with Crippen LogP contribution in [0.15, 0.2) is 24.3 Å². The van der Waals surface area contributed by atoms with Crippen molar-refractivity contribution in [3.63, 3.8) is 0 Å². The molecule has 0 unspecified atom stereocenters. The van der Waals surface area contributed by atoms with Crippen LogP contribution in [0.5, 0.6) is 0 Å². The summed E-state index contributed by atoms with van der Waals surface area (Å²) >= 11 is 0. The normalized spacial score (nSPS) is 19.5. The van der Waals surface area contributed by atoms with E-state index in [0.29, 0.717) is 19.8 Å². The average molecular weight is 325 g/mol. The fourth-order valence-corrected chi connectivity index (χ4v) is 4.25. The van der Waals surface area contributed by atoms with Gasteiger partial charge >= 0.3 is 0 Å². The van der Waals surface area contributed by atoms with Crippen molar-refractivity contribution in [2.75, 3.05) is 25.5 Å². The summed E-state index contributed by atoms with van der Waals surface area (Å²) in [6.07, 6.45) is 1.85. The van der Waals surface area contributed by atoms with Crippen molar-refractivity contribution >= 4 is 10.0 Å². The van der Waals surface area contributed by atoms with Crippen molar-refractivity contribution in [3.05, 3.63) is 35.4 Å². The maximum atomic E-state index is 12.2. The lowest BCUT2D eigenvalue weighted by molar-refractivity contribution is 0.188. The number of sulfonamides is 1. The lowest BCUT2D eigenvalue weighted by atomic mass is 9.84. The average Bonchev–Trinajstić information content (AvgIpc) is 2.98. The molecule has 0 radical (unpaired) electrons. The zero-order valence-corrected chi connectivity index (χ0v) is 14.6. The number of nitrogens with one attached hydrogen (secondary N) is 1. The fraction of sp³-hybridized carbons (Fsp3) is 0.647. The first-order valence-electron chi connectivity index (χ1n) is 7.97. The van der Waals surface area contributed by atoms with E-state index in [1.54, 1.807) is 0 Å². The van der Waals surface area contributed by atoms with Gasteiger partial charge in [0, 0.05) is 18.6 Å². The number of benzene rings is 1. The van der Waals surface area contributed by atoms with Gasteiger partial charge in [-0.2, -0.15) is 0 Å². The number of ether oxygens (including phenoxy) is 1. The third-order valence-corrected chi connectivity index (χ3v) is 5.85. The lowest BCUT2D eigenvalue weighted by Gasteiger charge is -2.26. The second-order valence-corrected chi connectivity index (χ2v) is 8.62. The Kier molecular flexibility index (Phi) is 5.64. The minimum atomic E-state index is -3.25. The maximum Gasteiger partial charge on any atom is 0.211 e. The van der Waals surface area contributed by atoms with E-state index in [0.717, 1.165) is 18.4 Å². The zero-order valence-electron chi connectivity index (χ0n) is 13.8. The van der Waals surface area contributed by atoms with Gasteiger partial charge in [0.25, 0.3) is 0 Å². The van der Waals surface area contributed by atoms with Crippen LogP contribution in [0.3, 0.4) is 0 Å². The Hall–Kier alpha value is -0.910. The van der Waals surface area contributed by atoms with Crippen LogP contribution in [0.2, 0.25) is 0 Å². The molecule has 1 aromatic carbocycles. The Balaban J connectivity index is 1.95. The molecule has 1 aromatic rings. The molecule has 22 heavy (non-hydrogen) atoms. The van der Waals surface area contributed by atoms with Crippen LogP contribution in [-0.4, -0.2) is 33.9 Å². The van der Waals surface area contributed by atoms with E-state index >= 15 is 0 Å². The van der Waals surface area contributed by atoms with Crippen LogP contribution in [0, 0.1) is 5.92 Å². The summed E-state index contributed by atoms with van der Waals surface area (Å²) in [4.78, 5) is 0. The minimum Gasteiger partial charge on any atom is -0.381 e. The number of rotatable bonds is 7. The Morgan fingerprint density at radius 2 is 1.95 bits per heavy atom. The second-order valence-electron chi connectivity index (χ2n) is 6.77. The first kappa shape index (κ1) is 17.4. The molecule has 0 bridgehead atoms.